The van der Waals surface area contributed by atoms with E-state index in [-0.39, 0.29) is 0 Å². The molecule has 4 heteroatoms. The molecule has 0 saturated carbocycles. The van der Waals surface area contributed by atoms with Crippen molar-refractivity contribution in [2.75, 3.05) is 6.54 Å². The van der Waals surface area contributed by atoms with Crippen LogP contribution in [0.3, 0.4) is 0 Å². The van der Waals surface area contributed by atoms with Gasteiger partial charge in [0.2, 0.25) is 0 Å². The normalized spacial score (nSPS) is 10.5. The first kappa shape index (κ1) is 8.47. The molecule has 0 saturated heterocycles. The van der Waals surface area contributed by atoms with Gasteiger partial charge < -0.3 is 10.2 Å². The Labute approximate surface area is 80.2 Å². The molecule has 0 atom stereocenters. The molecule has 0 unspecified atom stereocenters. The maximum absolute atomic E-state index is 5.48. The number of nitrogens with zero attached hydrogens (tertiary/aromatic N) is 1. The standard InChI is InChI=1S/C9H10N2OS/c10-4-3-7-9(13-6-11-7)8-2-1-5-12-8/h1-2,5-6H,3-4,10H2. The summed E-state index contributed by atoms with van der Waals surface area (Å²) in [6, 6.07) is 3.81. The predicted molar refractivity (Wildman–Crippen MR) is 52.6 cm³/mol. The molecule has 13 heavy (non-hydrogen) atoms. The van der Waals surface area contributed by atoms with Gasteiger partial charge in [-0.1, -0.05) is 0 Å². The summed E-state index contributed by atoms with van der Waals surface area (Å²) in [5.74, 6) is 0.881. The molecule has 0 aliphatic heterocycles. The fourth-order valence-corrected chi connectivity index (χ4v) is 2.00. The predicted octanol–water partition coefficient (Wildman–Crippen LogP) is 1.90. The molecule has 2 N–H and O–H groups in total. The van der Waals surface area contributed by atoms with Crippen molar-refractivity contribution in [3.63, 3.8) is 0 Å². The van der Waals surface area contributed by atoms with E-state index in [9.17, 15) is 0 Å². The van der Waals surface area contributed by atoms with Gasteiger partial charge in [0.05, 0.1) is 22.3 Å². The van der Waals surface area contributed by atoms with E-state index in [1.54, 1.807) is 17.6 Å². The van der Waals surface area contributed by atoms with E-state index in [2.05, 4.69) is 4.98 Å². The third-order valence-electron chi connectivity index (χ3n) is 1.77. The molecule has 68 valence electrons. The van der Waals surface area contributed by atoms with E-state index in [1.807, 2.05) is 17.6 Å². The van der Waals surface area contributed by atoms with E-state index in [1.165, 1.54) is 0 Å². The monoisotopic (exact) mass is 194 g/mol. The van der Waals surface area contributed by atoms with Crippen LogP contribution in [0.1, 0.15) is 5.69 Å². The minimum atomic E-state index is 0.622. The van der Waals surface area contributed by atoms with E-state index in [4.69, 9.17) is 10.2 Å². The molecule has 2 aromatic rings. The summed E-state index contributed by atoms with van der Waals surface area (Å²) >= 11 is 1.59. The van der Waals surface area contributed by atoms with Gasteiger partial charge in [-0.25, -0.2) is 4.98 Å². The Bertz CT molecular complexity index is 367. The Morgan fingerprint density at radius 3 is 3.15 bits per heavy atom. The average molecular weight is 194 g/mol. The Kier molecular flexibility index (Phi) is 2.42. The molecule has 0 fully saturated rings. The van der Waals surface area contributed by atoms with Crippen molar-refractivity contribution in [1.29, 1.82) is 0 Å². The third kappa shape index (κ3) is 1.64. The van der Waals surface area contributed by atoms with Crippen molar-refractivity contribution in [1.82, 2.24) is 4.98 Å². The Morgan fingerprint density at radius 2 is 2.46 bits per heavy atom. The van der Waals surface area contributed by atoms with E-state index in [0.29, 0.717) is 6.54 Å². The van der Waals surface area contributed by atoms with Gasteiger partial charge in [0.15, 0.2) is 0 Å². The van der Waals surface area contributed by atoms with Gasteiger partial charge in [0.25, 0.3) is 0 Å². The van der Waals surface area contributed by atoms with Gasteiger partial charge in [-0.3, -0.25) is 0 Å². The number of thiazole rings is 1. The molecule has 0 spiro atoms. The molecule has 2 aromatic heterocycles. The van der Waals surface area contributed by atoms with Gasteiger partial charge in [-0.15, -0.1) is 11.3 Å². The van der Waals surface area contributed by atoms with Crippen LogP contribution in [0, 0.1) is 0 Å². The highest BCUT2D eigenvalue weighted by Gasteiger charge is 2.09. The SMILES string of the molecule is NCCc1ncsc1-c1ccco1. The number of furan rings is 1. The molecule has 0 aliphatic rings. The van der Waals surface area contributed by atoms with Crippen LogP contribution < -0.4 is 5.73 Å². The fourth-order valence-electron chi connectivity index (χ4n) is 1.19. The van der Waals surface area contributed by atoms with Crippen molar-refractivity contribution in [3.05, 3.63) is 29.6 Å². The molecular weight excluding hydrogens is 184 g/mol. The average Bonchev–Trinajstić information content (AvgIpc) is 2.71. The summed E-state index contributed by atoms with van der Waals surface area (Å²) in [4.78, 5) is 5.33. The Balaban J connectivity index is 2.35. The van der Waals surface area contributed by atoms with Gasteiger partial charge in [-0.2, -0.15) is 0 Å². The summed E-state index contributed by atoms with van der Waals surface area (Å²) in [5, 5.41) is 0. The summed E-state index contributed by atoms with van der Waals surface area (Å²) in [6.07, 6.45) is 2.47. The number of hydrogen-bond acceptors (Lipinski definition) is 4. The van der Waals surface area contributed by atoms with Crippen LogP contribution in [0.5, 0.6) is 0 Å². The number of aromatic nitrogens is 1. The van der Waals surface area contributed by atoms with E-state index in [0.717, 1.165) is 22.8 Å². The second kappa shape index (κ2) is 3.72. The highest BCUT2D eigenvalue weighted by molar-refractivity contribution is 7.13. The molecule has 0 aliphatic carbocycles. The maximum Gasteiger partial charge on any atom is 0.145 e. The van der Waals surface area contributed by atoms with Crippen LogP contribution in [0.4, 0.5) is 0 Å². The highest BCUT2D eigenvalue weighted by Crippen LogP contribution is 2.27. The first-order chi connectivity index (χ1) is 6.42. The first-order valence-electron chi connectivity index (χ1n) is 4.08. The quantitative estimate of drug-likeness (QED) is 0.812. The summed E-state index contributed by atoms with van der Waals surface area (Å²) in [6.45, 7) is 0.622. The molecule has 0 amide bonds. The van der Waals surface area contributed by atoms with Crippen molar-refractivity contribution >= 4 is 11.3 Å². The van der Waals surface area contributed by atoms with Crippen molar-refractivity contribution < 1.29 is 4.42 Å². The topological polar surface area (TPSA) is 52.0 Å². The highest BCUT2D eigenvalue weighted by atomic mass is 32.1. The molecule has 2 heterocycles. The van der Waals surface area contributed by atoms with Crippen LogP contribution in [-0.2, 0) is 6.42 Å². The van der Waals surface area contributed by atoms with Crippen LogP contribution in [0.25, 0.3) is 10.6 Å². The van der Waals surface area contributed by atoms with Crippen molar-refractivity contribution in [3.8, 4) is 10.6 Å². The summed E-state index contributed by atoms with van der Waals surface area (Å²) < 4.78 is 5.29. The lowest BCUT2D eigenvalue weighted by atomic mass is 10.2. The van der Waals surface area contributed by atoms with Gasteiger partial charge in [-0.05, 0) is 18.7 Å². The molecule has 3 nitrogen and oxygen atoms in total. The summed E-state index contributed by atoms with van der Waals surface area (Å²) in [5.41, 5.74) is 8.33. The smallest absolute Gasteiger partial charge is 0.145 e. The van der Waals surface area contributed by atoms with E-state index < -0.39 is 0 Å². The second-order valence-corrected chi connectivity index (χ2v) is 3.50. The fraction of sp³-hybridized carbons (Fsp3) is 0.222. The molecule has 0 bridgehead atoms. The van der Waals surface area contributed by atoms with Gasteiger partial charge >= 0.3 is 0 Å². The zero-order chi connectivity index (χ0) is 9.10. The minimum absolute atomic E-state index is 0.622. The van der Waals surface area contributed by atoms with Crippen molar-refractivity contribution in [2.24, 2.45) is 5.73 Å². The van der Waals surface area contributed by atoms with Gasteiger partial charge in [0.1, 0.15) is 5.76 Å². The zero-order valence-electron chi connectivity index (χ0n) is 7.06. The second-order valence-electron chi connectivity index (χ2n) is 2.64. The lowest BCUT2D eigenvalue weighted by Crippen LogP contribution is -2.03. The minimum Gasteiger partial charge on any atom is -0.463 e. The van der Waals surface area contributed by atoms with Crippen LogP contribution >= 0.6 is 11.3 Å². The number of rotatable bonds is 3. The van der Waals surface area contributed by atoms with Crippen LogP contribution in [0.15, 0.2) is 28.3 Å². The maximum atomic E-state index is 5.48. The van der Waals surface area contributed by atoms with Crippen molar-refractivity contribution in [2.45, 2.75) is 6.42 Å². The lowest BCUT2D eigenvalue weighted by molar-refractivity contribution is 0.583. The Morgan fingerprint density at radius 1 is 1.54 bits per heavy atom. The third-order valence-corrected chi connectivity index (χ3v) is 2.65. The number of hydrogen-bond donors (Lipinski definition) is 1. The van der Waals surface area contributed by atoms with Crippen LogP contribution in [0.2, 0.25) is 0 Å². The van der Waals surface area contributed by atoms with E-state index >= 15 is 0 Å². The number of nitrogens with two attached hydrogens (primary N) is 1. The molecule has 0 radical (unpaired) electrons. The van der Waals surface area contributed by atoms with Crippen LogP contribution in [-0.4, -0.2) is 11.5 Å². The lowest BCUT2D eigenvalue weighted by Gasteiger charge is -1.95. The molecule has 2 rings (SSSR count). The first-order valence-corrected chi connectivity index (χ1v) is 4.96. The zero-order valence-corrected chi connectivity index (χ0v) is 7.88. The summed E-state index contributed by atoms with van der Waals surface area (Å²) in [7, 11) is 0. The largest absolute Gasteiger partial charge is 0.463 e. The Hall–Kier alpha value is -1.13. The molecular formula is C9H10N2OS. The van der Waals surface area contributed by atoms with Gasteiger partial charge in [0, 0.05) is 6.42 Å². The molecule has 0 aromatic carbocycles.